The van der Waals surface area contributed by atoms with Crippen molar-refractivity contribution in [3.8, 4) is 0 Å². The Kier molecular flexibility index (Phi) is 5.05. The number of nitrogens with two attached hydrogens (primary N) is 1. The number of aromatic nitrogens is 1. The first-order valence-electron chi connectivity index (χ1n) is 9.19. The van der Waals surface area contributed by atoms with Gasteiger partial charge in [-0.2, -0.15) is 0 Å². The van der Waals surface area contributed by atoms with Crippen LogP contribution in [0.5, 0.6) is 0 Å². The highest BCUT2D eigenvalue weighted by Gasteiger charge is 2.46. The van der Waals surface area contributed by atoms with Crippen LogP contribution >= 0.6 is 0 Å². The van der Waals surface area contributed by atoms with Gasteiger partial charge in [-0.3, -0.25) is 4.79 Å². The minimum Gasteiger partial charge on any atom is -0.467 e. The molecule has 3 rings (SSSR count). The molecule has 0 spiro atoms. The first kappa shape index (κ1) is 18.5. The second-order valence-corrected chi connectivity index (χ2v) is 7.28. The minimum absolute atomic E-state index is 0.294. The van der Waals surface area contributed by atoms with Crippen molar-refractivity contribution in [3.63, 3.8) is 0 Å². The number of amides is 1. The van der Waals surface area contributed by atoms with Crippen molar-refractivity contribution in [2.24, 2.45) is 5.73 Å². The number of benzene rings is 1. The largest absolute Gasteiger partial charge is 0.467 e. The number of ether oxygens (including phenoxy) is 1. The van der Waals surface area contributed by atoms with Crippen molar-refractivity contribution >= 4 is 22.8 Å². The average Bonchev–Trinajstić information content (AvgIpc) is 3.29. The monoisotopic (exact) mass is 357 g/mol. The van der Waals surface area contributed by atoms with Gasteiger partial charge in [-0.05, 0) is 30.9 Å². The summed E-state index contributed by atoms with van der Waals surface area (Å²) >= 11 is 0. The van der Waals surface area contributed by atoms with E-state index in [0.29, 0.717) is 25.7 Å². The van der Waals surface area contributed by atoms with Crippen molar-refractivity contribution in [2.45, 2.75) is 56.5 Å². The maximum absolute atomic E-state index is 13.1. The lowest BCUT2D eigenvalue weighted by molar-refractivity contribution is -0.151. The van der Waals surface area contributed by atoms with Crippen LogP contribution in [-0.2, 0) is 20.7 Å². The second kappa shape index (κ2) is 7.11. The smallest absolute Gasteiger partial charge is 0.331 e. The highest BCUT2D eigenvalue weighted by molar-refractivity contribution is 5.94. The molecule has 6 nitrogen and oxygen atoms in total. The molecule has 1 aliphatic rings. The van der Waals surface area contributed by atoms with Gasteiger partial charge in [0.15, 0.2) is 0 Å². The summed E-state index contributed by atoms with van der Waals surface area (Å²) in [6, 6.07) is 7.94. The molecular formula is C20H27N3O3. The van der Waals surface area contributed by atoms with Crippen LogP contribution in [0.2, 0.25) is 0 Å². The van der Waals surface area contributed by atoms with Crippen molar-refractivity contribution in [3.05, 3.63) is 36.0 Å². The molecule has 1 aliphatic carbocycles. The summed E-state index contributed by atoms with van der Waals surface area (Å²) in [5, 5.41) is 4.01. The Bertz CT molecular complexity index is 807. The number of carbonyl (C=O) groups excluding carboxylic acids is 2. The zero-order chi connectivity index (χ0) is 18.8. The zero-order valence-electron chi connectivity index (χ0n) is 15.4. The molecule has 0 bridgehead atoms. The number of aromatic amines is 1. The average molecular weight is 357 g/mol. The fourth-order valence-electron chi connectivity index (χ4n) is 3.88. The maximum Gasteiger partial charge on any atom is 0.331 e. The van der Waals surface area contributed by atoms with Crippen LogP contribution in [0, 0.1) is 0 Å². The van der Waals surface area contributed by atoms with Crippen LogP contribution in [-0.4, -0.2) is 35.0 Å². The van der Waals surface area contributed by atoms with Crippen LogP contribution < -0.4 is 11.1 Å². The molecule has 1 atom stereocenters. The summed E-state index contributed by atoms with van der Waals surface area (Å²) in [5.74, 6) is -0.675. The molecule has 4 N–H and O–H groups in total. The summed E-state index contributed by atoms with van der Waals surface area (Å²) in [5.41, 5.74) is 6.51. The number of para-hydroxylation sites is 1. The van der Waals surface area contributed by atoms with Crippen molar-refractivity contribution < 1.29 is 14.3 Å². The fourth-order valence-corrected chi connectivity index (χ4v) is 3.88. The summed E-state index contributed by atoms with van der Waals surface area (Å²) in [7, 11) is 1.36. The molecule has 1 heterocycles. The van der Waals surface area contributed by atoms with Gasteiger partial charge in [0.1, 0.15) is 5.54 Å². The molecule has 0 aliphatic heterocycles. The van der Waals surface area contributed by atoms with Gasteiger partial charge in [0.05, 0.1) is 12.6 Å². The molecule has 26 heavy (non-hydrogen) atoms. The highest BCUT2D eigenvalue weighted by atomic mass is 16.5. The van der Waals surface area contributed by atoms with Gasteiger partial charge in [-0.15, -0.1) is 0 Å². The fraction of sp³-hybridized carbons (Fsp3) is 0.500. The number of esters is 1. The third-order valence-corrected chi connectivity index (χ3v) is 5.65. The molecule has 1 unspecified atom stereocenters. The van der Waals surface area contributed by atoms with Crippen LogP contribution in [0.4, 0.5) is 0 Å². The number of rotatable bonds is 6. The van der Waals surface area contributed by atoms with E-state index in [1.807, 2.05) is 37.4 Å². The van der Waals surface area contributed by atoms with E-state index in [9.17, 15) is 9.59 Å². The van der Waals surface area contributed by atoms with E-state index in [4.69, 9.17) is 10.5 Å². The quantitative estimate of drug-likeness (QED) is 0.692. The first-order chi connectivity index (χ1) is 12.4. The van der Waals surface area contributed by atoms with Gasteiger partial charge in [-0.1, -0.05) is 38.0 Å². The Balaban J connectivity index is 1.84. The second-order valence-electron chi connectivity index (χ2n) is 7.28. The Hall–Kier alpha value is -2.34. The van der Waals surface area contributed by atoms with E-state index in [-0.39, 0.29) is 11.9 Å². The van der Waals surface area contributed by atoms with Gasteiger partial charge < -0.3 is 20.8 Å². The van der Waals surface area contributed by atoms with Crippen LogP contribution in [0.1, 0.15) is 44.6 Å². The normalized spacial score (nSPS) is 18.4. The summed E-state index contributed by atoms with van der Waals surface area (Å²) in [4.78, 5) is 28.6. The van der Waals surface area contributed by atoms with E-state index >= 15 is 0 Å². The number of fused-ring (bicyclic) bond motifs is 1. The molecule has 0 saturated heterocycles. The Labute approximate surface area is 153 Å². The van der Waals surface area contributed by atoms with Gasteiger partial charge in [0.2, 0.25) is 5.91 Å². The number of hydrogen-bond acceptors (Lipinski definition) is 4. The summed E-state index contributed by atoms with van der Waals surface area (Å²) in [6.07, 6.45) is 5.74. The van der Waals surface area contributed by atoms with Gasteiger partial charge in [-0.25, -0.2) is 4.79 Å². The molecular weight excluding hydrogens is 330 g/mol. The van der Waals surface area contributed by atoms with Crippen molar-refractivity contribution in [1.82, 2.24) is 10.3 Å². The number of hydrogen-bond donors (Lipinski definition) is 3. The van der Waals surface area contributed by atoms with Crippen molar-refractivity contribution in [2.75, 3.05) is 7.11 Å². The molecule has 1 fully saturated rings. The van der Waals surface area contributed by atoms with E-state index < -0.39 is 11.1 Å². The van der Waals surface area contributed by atoms with Gasteiger partial charge >= 0.3 is 5.97 Å². The van der Waals surface area contributed by atoms with Crippen LogP contribution in [0.3, 0.4) is 0 Å². The molecule has 2 aromatic rings. The number of methoxy groups -OCH3 is 1. The standard InChI is InChI=1S/C20H27N3O3/c1-3-19(21,12-14-13-22-16-9-5-4-8-15(14)16)17(24)23-20(18(25)26-2)10-6-7-11-20/h4-5,8-9,13,22H,3,6-7,10-12,21H2,1-2H3,(H,23,24). The Morgan fingerprint density at radius 3 is 2.65 bits per heavy atom. The molecule has 6 heteroatoms. The lowest BCUT2D eigenvalue weighted by atomic mass is 9.86. The van der Waals surface area contributed by atoms with E-state index in [1.165, 1.54) is 7.11 Å². The lowest BCUT2D eigenvalue weighted by Gasteiger charge is -2.33. The van der Waals surface area contributed by atoms with Crippen LogP contribution in [0.25, 0.3) is 10.9 Å². The topological polar surface area (TPSA) is 97.2 Å². The van der Waals surface area contributed by atoms with Crippen molar-refractivity contribution in [1.29, 1.82) is 0 Å². The third kappa shape index (κ3) is 3.21. The Morgan fingerprint density at radius 1 is 1.31 bits per heavy atom. The first-order valence-corrected chi connectivity index (χ1v) is 9.19. The number of carbonyl (C=O) groups is 2. The van der Waals surface area contributed by atoms with Crippen LogP contribution in [0.15, 0.2) is 30.5 Å². The SMILES string of the molecule is CCC(N)(Cc1c[nH]c2ccccc12)C(=O)NC1(C(=O)OC)CCCC1. The lowest BCUT2D eigenvalue weighted by Crippen LogP contribution is -2.63. The zero-order valence-corrected chi connectivity index (χ0v) is 15.4. The molecule has 1 aromatic heterocycles. The summed E-state index contributed by atoms with van der Waals surface area (Å²) < 4.78 is 4.95. The summed E-state index contributed by atoms with van der Waals surface area (Å²) in [6.45, 7) is 1.90. The van der Waals surface area contributed by atoms with E-state index in [1.54, 1.807) is 0 Å². The highest BCUT2D eigenvalue weighted by Crippen LogP contribution is 2.32. The van der Waals surface area contributed by atoms with Gasteiger partial charge in [0, 0.05) is 23.5 Å². The van der Waals surface area contributed by atoms with E-state index in [0.717, 1.165) is 29.3 Å². The molecule has 0 radical (unpaired) electrons. The molecule has 1 aromatic carbocycles. The minimum atomic E-state index is -1.09. The molecule has 140 valence electrons. The van der Waals surface area contributed by atoms with E-state index in [2.05, 4.69) is 10.3 Å². The molecule has 1 saturated carbocycles. The molecule has 1 amide bonds. The number of H-pyrrole nitrogens is 1. The third-order valence-electron chi connectivity index (χ3n) is 5.65. The number of nitrogens with one attached hydrogen (secondary N) is 2. The predicted molar refractivity (Wildman–Crippen MR) is 101 cm³/mol. The predicted octanol–water partition coefficient (Wildman–Crippen LogP) is 2.42. The maximum atomic E-state index is 13.1. The Morgan fingerprint density at radius 2 is 2.00 bits per heavy atom. The van der Waals surface area contributed by atoms with Gasteiger partial charge in [0.25, 0.3) is 0 Å².